The van der Waals surface area contributed by atoms with Gasteiger partial charge in [0.15, 0.2) is 21.9 Å². The molecule has 3 heterocycles. The quantitative estimate of drug-likeness (QED) is 0.799. The minimum absolute atomic E-state index is 0.0366. The lowest BCUT2D eigenvalue weighted by atomic mass is 10.0. The van der Waals surface area contributed by atoms with Gasteiger partial charge in [-0.1, -0.05) is 13.8 Å². The highest BCUT2D eigenvalue weighted by Crippen LogP contribution is 2.29. The molecule has 1 amide bonds. The number of oxazole rings is 1. The van der Waals surface area contributed by atoms with E-state index in [1.165, 1.54) is 6.39 Å². The summed E-state index contributed by atoms with van der Waals surface area (Å²) in [4.78, 5) is 20.6. The van der Waals surface area contributed by atoms with Gasteiger partial charge in [0.1, 0.15) is 5.76 Å². The van der Waals surface area contributed by atoms with E-state index in [1.54, 1.807) is 11.8 Å². The van der Waals surface area contributed by atoms with Crippen LogP contribution in [0.15, 0.2) is 10.8 Å². The fourth-order valence-corrected chi connectivity index (χ4v) is 5.63. The Labute approximate surface area is 136 Å². The monoisotopic (exact) mass is 341 g/mol. The largest absolute Gasteiger partial charge is 0.448 e. The molecule has 0 unspecified atom stereocenters. The van der Waals surface area contributed by atoms with Crippen LogP contribution >= 0.6 is 0 Å². The summed E-state index contributed by atoms with van der Waals surface area (Å²) >= 11 is 0. The van der Waals surface area contributed by atoms with E-state index in [0.29, 0.717) is 24.8 Å². The summed E-state index contributed by atoms with van der Waals surface area (Å²) in [5.74, 6) is 0.865. The minimum Gasteiger partial charge on any atom is -0.448 e. The molecule has 2 aliphatic rings. The molecule has 2 fully saturated rings. The third kappa shape index (κ3) is 3.14. The first-order valence-electron chi connectivity index (χ1n) is 7.94. The second kappa shape index (κ2) is 5.90. The number of aryl methyl sites for hydroxylation is 1. The predicted molar refractivity (Wildman–Crippen MR) is 84.9 cm³/mol. The van der Waals surface area contributed by atoms with Crippen molar-refractivity contribution >= 4 is 15.7 Å². The van der Waals surface area contributed by atoms with Gasteiger partial charge in [-0.05, 0) is 12.8 Å². The summed E-state index contributed by atoms with van der Waals surface area (Å²) in [5.41, 5.74) is 0.283. The van der Waals surface area contributed by atoms with E-state index in [1.807, 2.05) is 0 Å². The second-order valence-corrected chi connectivity index (χ2v) is 9.01. The van der Waals surface area contributed by atoms with Gasteiger partial charge in [0.2, 0.25) is 0 Å². The van der Waals surface area contributed by atoms with Crippen LogP contribution in [0, 0.1) is 12.8 Å². The van der Waals surface area contributed by atoms with Crippen molar-refractivity contribution < 1.29 is 17.6 Å². The van der Waals surface area contributed by atoms with E-state index in [2.05, 4.69) is 23.7 Å². The highest BCUT2D eigenvalue weighted by Gasteiger charge is 2.48. The molecule has 0 N–H and O–H groups in total. The lowest BCUT2D eigenvalue weighted by molar-refractivity contribution is 0.0292. The summed E-state index contributed by atoms with van der Waals surface area (Å²) in [6.45, 7) is 8.00. The van der Waals surface area contributed by atoms with Gasteiger partial charge in [0.05, 0.1) is 17.5 Å². The number of aromatic nitrogens is 1. The Balaban J connectivity index is 1.87. The molecule has 1 aromatic heterocycles. The molecule has 2 aliphatic heterocycles. The number of rotatable bonds is 3. The van der Waals surface area contributed by atoms with Gasteiger partial charge >= 0.3 is 0 Å². The highest BCUT2D eigenvalue weighted by atomic mass is 32.2. The molecule has 0 aromatic carbocycles. The van der Waals surface area contributed by atoms with Crippen LogP contribution in [-0.2, 0) is 9.84 Å². The first-order valence-corrected chi connectivity index (χ1v) is 9.76. The Hall–Kier alpha value is -1.41. The molecule has 0 saturated carbocycles. The fourth-order valence-electron chi connectivity index (χ4n) is 3.62. The summed E-state index contributed by atoms with van der Waals surface area (Å²) in [5, 5.41) is 0. The summed E-state index contributed by atoms with van der Waals surface area (Å²) in [6, 6.07) is -0.414. The Morgan fingerprint density at radius 3 is 2.65 bits per heavy atom. The van der Waals surface area contributed by atoms with Gasteiger partial charge in [0.25, 0.3) is 5.91 Å². The van der Waals surface area contributed by atoms with Crippen molar-refractivity contribution in [3.63, 3.8) is 0 Å². The molecule has 1 aromatic rings. The molecule has 8 heteroatoms. The van der Waals surface area contributed by atoms with E-state index in [0.717, 1.165) is 6.54 Å². The van der Waals surface area contributed by atoms with Crippen molar-refractivity contribution in [2.24, 2.45) is 5.92 Å². The maximum absolute atomic E-state index is 12.8. The van der Waals surface area contributed by atoms with Gasteiger partial charge in [-0.3, -0.25) is 9.69 Å². The van der Waals surface area contributed by atoms with Crippen LogP contribution < -0.4 is 0 Å². The molecule has 2 saturated heterocycles. The zero-order valence-corrected chi connectivity index (χ0v) is 14.5. The van der Waals surface area contributed by atoms with Crippen molar-refractivity contribution in [3.05, 3.63) is 17.8 Å². The van der Waals surface area contributed by atoms with Crippen LogP contribution in [-0.4, -0.2) is 72.3 Å². The average Bonchev–Trinajstić information content (AvgIpc) is 3.00. The first kappa shape index (κ1) is 16.4. The number of amides is 1. The van der Waals surface area contributed by atoms with E-state index in [4.69, 9.17) is 4.42 Å². The van der Waals surface area contributed by atoms with Crippen LogP contribution in [0.2, 0.25) is 0 Å². The summed E-state index contributed by atoms with van der Waals surface area (Å²) in [6.07, 6.45) is 1.25. The van der Waals surface area contributed by atoms with Gasteiger partial charge in [0, 0.05) is 25.7 Å². The number of hydrogen-bond donors (Lipinski definition) is 0. The molecule has 3 rings (SSSR count). The van der Waals surface area contributed by atoms with E-state index in [-0.39, 0.29) is 35.2 Å². The standard InChI is InChI=1S/C15H23N3O4S/c1-10(2)6-17-4-5-18(13-8-23(20,21)7-12(13)17)15(19)14-11(3)22-9-16-14/h9-10,12-13H,4-8H2,1-3H3/t12-,13+/m1/s1. The molecule has 0 aliphatic carbocycles. The summed E-state index contributed by atoms with van der Waals surface area (Å²) in [7, 11) is -3.12. The first-order chi connectivity index (χ1) is 10.8. The smallest absolute Gasteiger partial charge is 0.276 e. The number of hydrogen-bond acceptors (Lipinski definition) is 6. The molecular formula is C15H23N3O4S. The fraction of sp³-hybridized carbons (Fsp3) is 0.733. The lowest BCUT2D eigenvalue weighted by Gasteiger charge is -2.44. The van der Waals surface area contributed by atoms with Crippen LogP contribution in [0.5, 0.6) is 0 Å². The molecule has 0 radical (unpaired) electrons. The summed E-state index contributed by atoms with van der Waals surface area (Å²) < 4.78 is 29.4. The van der Waals surface area contributed by atoms with E-state index in [9.17, 15) is 13.2 Å². The van der Waals surface area contributed by atoms with E-state index >= 15 is 0 Å². The Morgan fingerprint density at radius 2 is 2.04 bits per heavy atom. The van der Waals surface area contributed by atoms with Crippen molar-refractivity contribution in [2.75, 3.05) is 31.1 Å². The normalized spacial score (nSPS) is 27.4. The molecule has 2 atom stereocenters. The van der Waals surface area contributed by atoms with E-state index < -0.39 is 9.84 Å². The SMILES string of the molecule is Cc1ocnc1C(=O)N1CCN(CC(C)C)[C@@H]2CS(=O)(=O)C[C@@H]21. The minimum atomic E-state index is -3.12. The Morgan fingerprint density at radius 1 is 1.35 bits per heavy atom. The van der Waals surface area contributed by atoms with Crippen molar-refractivity contribution in [3.8, 4) is 0 Å². The zero-order chi connectivity index (χ0) is 16.8. The van der Waals surface area contributed by atoms with Crippen molar-refractivity contribution in [2.45, 2.75) is 32.9 Å². The number of fused-ring (bicyclic) bond motifs is 1. The molecule has 128 valence electrons. The molecule has 23 heavy (non-hydrogen) atoms. The Bertz CT molecular complexity index is 697. The van der Waals surface area contributed by atoms with Crippen LogP contribution in [0.4, 0.5) is 0 Å². The highest BCUT2D eigenvalue weighted by molar-refractivity contribution is 7.91. The third-order valence-electron chi connectivity index (χ3n) is 4.60. The maximum Gasteiger partial charge on any atom is 0.276 e. The molecule has 0 spiro atoms. The second-order valence-electron chi connectivity index (χ2n) is 6.86. The molecule has 0 bridgehead atoms. The number of carbonyl (C=O) groups excluding carboxylic acids is 1. The van der Waals surface area contributed by atoms with Crippen molar-refractivity contribution in [1.82, 2.24) is 14.8 Å². The van der Waals surface area contributed by atoms with Gasteiger partial charge in [-0.15, -0.1) is 0 Å². The average molecular weight is 341 g/mol. The zero-order valence-electron chi connectivity index (χ0n) is 13.7. The molecule has 7 nitrogen and oxygen atoms in total. The van der Waals surface area contributed by atoms with Crippen LogP contribution in [0.1, 0.15) is 30.1 Å². The molecular weight excluding hydrogens is 318 g/mol. The van der Waals surface area contributed by atoms with Crippen LogP contribution in [0.25, 0.3) is 0 Å². The number of piperazine rings is 1. The third-order valence-corrected chi connectivity index (χ3v) is 6.30. The maximum atomic E-state index is 12.8. The van der Waals surface area contributed by atoms with Gasteiger partial charge in [-0.2, -0.15) is 0 Å². The predicted octanol–water partition coefficient (Wildman–Crippen LogP) is 0.562. The number of carbonyl (C=O) groups is 1. The van der Waals surface area contributed by atoms with Gasteiger partial charge in [-0.25, -0.2) is 13.4 Å². The van der Waals surface area contributed by atoms with Gasteiger partial charge < -0.3 is 9.32 Å². The number of sulfone groups is 1. The van der Waals surface area contributed by atoms with Crippen LogP contribution in [0.3, 0.4) is 0 Å². The Kier molecular flexibility index (Phi) is 4.22. The lowest BCUT2D eigenvalue weighted by Crippen LogP contribution is -2.61. The number of nitrogens with zero attached hydrogens (tertiary/aromatic N) is 3. The van der Waals surface area contributed by atoms with Crippen molar-refractivity contribution in [1.29, 1.82) is 0 Å². The topological polar surface area (TPSA) is 83.7 Å².